The van der Waals surface area contributed by atoms with Crippen LogP contribution in [0.1, 0.15) is 29.5 Å². The first-order valence-electron chi connectivity index (χ1n) is 7.29. The molecule has 1 fully saturated rings. The van der Waals surface area contributed by atoms with Crippen LogP contribution in [0.3, 0.4) is 0 Å². The molecule has 1 heterocycles. The largest absolute Gasteiger partial charge is 0.496 e. The van der Waals surface area contributed by atoms with E-state index in [0.717, 1.165) is 25.3 Å². The van der Waals surface area contributed by atoms with E-state index in [1.807, 2.05) is 0 Å². The summed E-state index contributed by atoms with van der Waals surface area (Å²) in [5, 5.41) is 7.08. The number of rotatable bonds is 5. The lowest BCUT2D eigenvalue weighted by molar-refractivity contribution is 0.392. The fraction of sp³-hybridized carbons (Fsp3) is 0.625. The van der Waals surface area contributed by atoms with Gasteiger partial charge < -0.3 is 15.4 Å². The van der Waals surface area contributed by atoms with Crippen molar-refractivity contribution in [2.45, 2.75) is 39.2 Å². The summed E-state index contributed by atoms with van der Waals surface area (Å²) < 4.78 is 5.41. The molecule has 3 nitrogen and oxygen atoms in total. The lowest BCUT2D eigenvalue weighted by Crippen LogP contribution is -2.43. The summed E-state index contributed by atoms with van der Waals surface area (Å²) in [6.07, 6.45) is 3.67. The Morgan fingerprint density at radius 1 is 1.32 bits per heavy atom. The van der Waals surface area contributed by atoms with Crippen LogP contribution in [0.25, 0.3) is 0 Å². The maximum atomic E-state index is 5.41. The van der Waals surface area contributed by atoms with Gasteiger partial charge in [0.25, 0.3) is 0 Å². The first-order valence-corrected chi connectivity index (χ1v) is 7.29. The zero-order valence-corrected chi connectivity index (χ0v) is 12.4. The van der Waals surface area contributed by atoms with E-state index in [1.54, 1.807) is 7.11 Å². The Labute approximate surface area is 116 Å². The predicted molar refractivity (Wildman–Crippen MR) is 80.1 cm³/mol. The van der Waals surface area contributed by atoms with Gasteiger partial charge in [-0.05, 0) is 62.9 Å². The minimum Gasteiger partial charge on any atom is -0.496 e. The molecule has 1 unspecified atom stereocenters. The van der Waals surface area contributed by atoms with E-state index in [-0.39, 0.29) is 0 Å². The topological polar surface area (TPSA) is 33.3 Å². The highest BCUT2D eigenvalue weighted by molar-refractivity contribution is 5.43. The van der Waals surface area contributed by atoms with Crippen molar-refractivity contribution in [1.82, 2.24) is 10.6 Å². The van der Waals surface area contributed by atoms with Crippen LogP contribution in [0.2, 0.25) is 0 Å². The molecule has 1 atom stereocenters. The van der Waals surface area contributed by atoms with Crippen molar-refractivity contribution in [2.24, 2.45) is 0 Å². The van der Waals surface area contributed by atoms with E-state index in [1.165, 1.54) is 36.1 Å². The van der Waals surface area contributed by atoms with Gasteiger partial charge >= 0.3 is 0 Å². The second-order valence-corrected chi connectivity index (χ2v) is 5.51. The molecule has 1 aliphatic rings. The average Bonchev–Trinajstić information content (AvgIpc) is 2.40. The van der Waals surface area contributed by atoms with E-state index in [4.69, 9.17) is 4.74 Å². The maximum absolute atomic E-state index is 5.41. The second-order valence-electron chi connectivity index (χ2n) is 5.51. The Balaban J connectivity index is 1.85. The highest BCUT2D eigenvalue weighted by Crippen LogP contribution is 2.24. The van der Waals surface area contributed by atoms with Crippen molar-refractivity contribution in [2.75, 3.05) is 26.7 Å². The Kier molecular flexibility index (Phi) is 5.23. The number of aryl methyl sites for hydroxylation is 2. The van der Waals surface area contributed by atoms with Gasteiger partial charge in [0.1, 0.15) is 5.75 Å². The average molecular weight is 262 g/mol. The van der Waals surface area contributed by atoms with Crippen LogP contribution in [0, 0.1) is 13.8 Å². The molecule has 0 bridgehead atoms. The number of ether oxygens (including phenoxy) is 1. The number of hydrogen-bond acceptors (Lipinski definition) is 3. The molecule has 0 aromatic heterocycles. The molecule has 2 rings (SSSR count). The zero-order chi connectivity index (χ0) is 13.7. The van der Waals surface area contributed by atoms with Crippen LogP contribution < -0.4 is 15.4 Å². The van der Waals surface area contributed by atoms with Crippen LogP contribution >= 0.6 is 0 Å². The highest BCUT2D eigenvalue weighted by Gasteiger charge is 2.11. The van der Waals surface area contributed by atoms with Crippen molar-refractivity contribution in [3.05, 3.63) is 28.8 Å². The van der Waals surface area contributed by atoms with E-state index in [2.05, 4.69) is 36.6 Å². The van der Waals surface area contributed by atoms with Crippen LogP contribution in [0.15, 0.2) is 12.1 Å². The Hall–Kier alpha value is -1.06. The van der Waals surface area contributed by atoms with Gasteiger partial charge in [0.15, 0.2) is 0 Å². The Morgan fingerprint density at radius 3 is 2.63 bits per heavy atom. The third-order valence-corrected chi connectivity index (χ3v) is 3.87. The molecule has 1 aromatic rings. The normalized spacial score (nSPS) is 19.4. The zero-order valence-electron chi connectivity index (χ0n) is 12.4. The summed E-state index contributed by atoms with van der Waals surface area (Å²) in [6.45, 7) is 7.58. The number of benzene rings is 1. The van der Waals surface area contributed by atoms with Gasteiger partial charge in [-0.25, -0.2) is 0 Å². The molecule has 19 heavy (non-hydrogen) atoms. The fourth-order valence-electron chi connectivity index (χ4n) is 2.95. The molecule has 1 aliphatic heterocycles. The molecule has 1 aromatic carbocycles. The van der Waals surface area contributed by atoms with Crippen LogP contribution in [0.4, 0.5) is 0 Å². The summed E-state index contributed by atoms with van der Waals surface area (Å²) >= 11 is 0. The number of hydrogen-bond donors (Lipinski definition) is 2. The van der Waals surface area contributed by atoms with E-state index < -0.39 is 0 Å². The molecule has 0 amide bonds. The smallest absolute Gasteiger partial charge is 0.124 e. The molecule has 3 heteroatoms. The van der Waals surface area contributed by atoms with Crippen LogP contribution in [0.5, 0.6) is 5.75 Å². The number of nitrogens with one attached hydrogen (secondary N) is 2. The molecule has 0 radical (unpaired) electrons. The van der Waals surface area contributed by atoms with Gasteiger partial charge in [0.2, 0.25) is 0 Å². The number of methoxy groups -OCH3 is 1. The molecular weight excluding hydrogens is 236 g/mol. The summed E-state index contributed by atoms with van der Waals surface area (Å²) in [4.78, 5) is 0. The van der Waals surface area contributed by atoms with E-state index in [9.17, 15) is 0 Å². The molecule has 106 valence electrons. The van der Waals surface area contributed by atoms with Crippen molar-refractivity contribution < 1.29 is 4.74 Å². The van der Waals surface area contributed by atoms with Gasteiger partial charge in [-0.15, -0.1) is 0 Å². The first-order chi connectivity index (χ1) is 9.20. The Morgan fingerprint density at radius 2 is 2.05 bits per heavy atom. The Bertz CT molecular complexity index is 388. The summed E-state index contributed by atoms with van der Waals surface area (Å²) in [7, 11) is 1.74. The fourth-order valence-corrected chi connectivity index (χ4v) is 2.95. The highest BCUT2D eigenvalue weighted by atomic mass is 16.5. The molecule has 2 N–H and O–H groups in total. The van der Waals surface area contributed by atoms with Gasteiger partial charge in [-0.1, -0.05) is 12.1 Å². The van der Waals surface area contributed by atoms with Crippen molar-refractivity contribution in [3.63, 3.8) is 0 Å². The van der Waals surface area contributed by atoms with Crippen LogP contribution in [-0.2, 0) is 6.42 Å². The first kappa shape index (κ1) is 14.4. The molecule has 1 saturated heterocycles. The van der Waals surface area contributed by atoms with Crippen molar-refractivity contribution >= 4 is 0 Å². The summed E-state index contributed by atoms with van der Waals surface area (Å²) in [5.74, 6) is 1.02. The van der Waals surface area contributed by atoms with Gasteiger partial charge in [-0.3, -0.25) is 0 Å². The monoisotopic (exact) mass is 262 g/mol. The van der Waals surface area contributed by atoms with Gasteiger partial charge in [0, 0.05) is 12.6 Å². The summed E-state index contributed by atoms with van der Waals surface area (Å²) in [6, 6.07) is 5.13. The van der Waals surface area contributed by atoms with E-state index in [0.29, 0.717) is 6.04 Å². The quantitative estimate of drug-likeness (QED) is 0.853. The van der Waals surface area contributed by atoms with Crippen molar-refractivity contribution in [1.29, 1.82) is 0 Å². The third kappa shape index (κ3) is 3.95. The van der Waals surface area contributed by atoms with Crippen molar-refractivity contribution in [3.8, 4) is 5.75 Å². The maximum Gasteiger partial charge on any atom is 0.124 e. The molecule has 0 aliphatic carbocycles. The van der Waals surface area contributed by atoms with Gasteiger partial charge in [0.05, 0.1) is 7.11 Å². The molecular formula is C16H26N2O. The van der Waals surface area contributed by atoms with Gasteiger partial charge in [-0.2, -0.15) is 0 Å². The number of piperidine rings is 1. The third-order valence-electron chi connectivity index (χ3n) is 3.87. The lowest BCUT2D eigenvalue weighted by atomic mass is 10.0. The minimum absolute atomic E-state index is 0.647. The lowest BCUT2D eigenvalue weighted by Gasteiger charge is -2.24. The van der Waals surface area contributed by atoms with E-state index >= 15 is 0 Å². The minimum atomic E-state index is 0.647. The molecule has 0 saturated carbocycles. The summed E-state index contributed by atoms with van der Waals surface area (Å²) in [5.41, 5.74) is 3.86. The second kappa shape index (κ2) is 6.92. The SMILES string of the molecule is COc1c(C)cc(CCNC2CCCNC2)cc1C. The molecule has 0 spiro atoms. The van der Waals surface area contributed by atoms with Crippen LogP contribution in [-0.4, -0.2) is 32.8 Å². The predicted octanol–water partition coefficient (Wildman–Crippen LogP) is 2.20. The standard InChI is InChI=1S/C16H26N2O/c1-12-9-14(10-13(2)16(12)19-3)6-8-18-15-5-4-7-17-11-15/h9-10,15,17-18H,4-8,11H2,1-3H3.